The zero-order valence-electron chi connectivity index (χ0n) is 11.7. The number of nitrogens with one attached hydrogen (secondary N) is 2. The number of hydrogen-bond acceptors (Lipinski definition) is 5. The topological polar surface area (TPSA) is 117 Å². The Bertz CT molecular complexity index is 631. The highest BCUT2D eigenvalue weighted by atomic mass is 32.2. The van der Waals surface area contributed by atoms with Gasteiger partial charge < -0.3 is 16.0 Å². The molecule has 0 unspecified atom stereocenters. The van der Waals surface area contributed by atoms with Gasteiger partial charge in [0.25, 0.3) is 0 Å². The molecule has 1 rings (SSSR count). The van der Waals surface area contributed by atoms with Gasteiger partial charge in [-0.3, -0.25) is 4.98 Å². The first-order valence-electron chi connectivity index (χ1n) is 5.95. The van der Waals surface area contributed by atoms with E-state index in [0.29, 0.717) is 0 Å². The van der Waals surface area contributed by atoms with Crippen molar-refractivity contribution in [2.75, 3.05) is 27.2 Å². The van der Waals surface area contributed by atoms with Crippen LogP contribution in [0.1, 0.15) is 5.69 Å². The lowest BCUT2D eigenvalue weighted by Crippen LogP contribution is -2.39. The number of amides is 2. The van der Waals surface area contributed by atoms with Gasteiger partial charge in [0, 0.05) is 33.4 Å². The van der Waals surface area contributed by atoms with Crippen molar-refractivity contribution in [3.63, 3.8) is 0 Å². The number of hydrogen-bond donors (Lipinski definition) is 3. The molecule has 2 amide bonds. The van der Waals surface area contributed by atoms with Crippen LogP contribution in [0.15, 0.2) is 23.2 Å². The zero-order valence-corrected chi connectivity index (χ0v) is 13.3. The third kappa shape index (κ3) is 4.92. The van der Waals surface area contributed by atoms with Crippen LogP contribution >= 0.6 is 12.2 Å². The van der Waals surface area contributed by atoms with Gasteiger partial charge in [-0.15, -0.1) is 0 Å². The molecule has 0 saturated carbocycles. The van der Waals surface area contributed by atoms with Gasteiger partial charge in [-0.1, -0.05) is 12.2 Å². The number of nitrogens with zero attached hydrogens (tertiary/aromatic N) is 2. The van der Waals surface area contributed by atoms with Gasteiger partial charge in [0.2, 0.25) is 10.0 Å². The summed E-state index contributed by atoms with van der Waals surface area (Å²) in [5.41, 5.74) is 5.49. The van der Waals surface area contributed by atoms with Crippen molar-refractivity contribution in [1.82, 2.24) is 19.9 Å². The minimum Gasteiger partial charge on any atom is -0.388 e. The maximum absolute atomic E-state index is 12.1. The number of thiocarbonyl (C=S) groups is 1. The van der Waals surface area contributed by atoms with Crippen molar-refractivity contribution in [3.05, 3.63) is 24.0 Å². The molecular weight excluding hydrogens is 314 g/mol. The van der Waals surface area contributed by atoms with Crippen molar-refractivity contribution in [3.8, 4) is 0 Å². The average Bonchev–Trinajstić information content (AvgIpc) is 2.43. The van der Waals surface area contributed by atoms with Crippen LogP contribution in [0.4, 0.5) is 4.79 Å². The van der Waals surface area contributed by atoms with Crippen molar-refractivity contribution in [2.45, 2.75) is 4.90 Å². The fourth-order valence-corrected chi connectivity index (χ4v) is 2.81. The largest absolute Gasteiger partial charge is 0.388 e. The van der Waals surface area contributed by atoms with E-state index in [0.717, 1.165) is 0 Å². The number of nitrogens with two attached hydrogens (primary N) is 1. The van der Waals surface area contributed by atoms with E-state index in [-0.39, 0.29) is 34.7 Å². The first-order chi connectivity index (χ1) is 9.75. The molecule has 0 aromatic carbocycles. The summed E-state index contributed by atoms with van der Waals surface area (Å²) in [5, 5.41) is 2.54. The molecule has 0 fully saturated rings. The van der Waals surface area contributed by atoms with Crippen molar-refractivity contribution in [1.29, 1.82) is 0 Å². The van der Waals surface area contributed by atoms with Crippen LogP contribution in [-0.2, 0) is 10.0 Å². The lowest BCUT2D eigenvalue weighted by atomic mass is 10.3. The molecule has 0 aliphatic carbocycles. The lowest BCUT2D eigenvalue weighted by molar-refractivity contribution is 0.217. The predicted octanol–water partition coefficient (Wildman–Crippen LogP) is -0.735. The number of rotatable bonds is 6. The standard InChI is InChI=1S/C11H17N5O3S2/c1-16(2)11(17)14-6-7-15-21(18,19)8-4-3-5-13-9(8)10(12)20/h3-5,15H,6-7H2,1-2H3,(H2,12,20)(H,14,17). The Morgan fingerprint density at radius 3 is 2.67 bits per heavy atom. The highest BCUT2D eigenvalue weighted by Crippen LogP contribution is 2.12. The molecule has 0 saturated heterocycles. The molecule has 0 bridgehead atoms. The molecule has 10 heteroatoms. The van der Waals surface area contributed by atoms with Gasteiger partial charge in [0.05, 0.1) is 0 Å². The number of sulfonamides is 1. The number of urea groups is 1. The van der Waals surface area contributed by atoms with Crippen molar-refractivity contribution < 1.29 is 13.2 Å². The second-order valence-electron chi connectivity index (χ2n) is 4.24. The Morgan fingerprint density at radius 1 is 1.43 bits per heavy atom. The maximum atomic E-state index is 12.1. The number of aromatic nitrogens is 1. The highest BCUT2D eigenvalue weighted by molar-refractivity contribution is 7.89. The number of carbonyl (C=O) groups excluding carboxylic acids is 1. The SMILES string of the molecule is CN(C)C(=O)NCCNS(=O)(=O)c1cccnc1C(N)=S. The first-order valence-corrected chi connectivity index (χ1v) is 7.84. The first kappa shape index (κ1) is 17.3. The van der Waals surface area contributed by atoms with Crippen LogP contribution in [0, 0.1) is 0 Å². The van der Waals surface area contributed by atoms with Crippen LogP contribution in [0.25, 0.3) is 0 Å². The Hall–Kier alpha value is -1.78. The van der Waals surface area contributed by atoms with Gasteiger partial charge in [-0.2, -0.15) is 0 Å². The molecule has 1 aromatic heterocycles. The summed E-state index contributed by atoms with van der Waals surface area (Å²) in [6.07, 6.45) is 1.41. The van der Waals surface area contributed by atoms with Crippen LogP contribution in [-0.4, -0.2) is 56.5 Å². The fourth-order valence-electron chi connectivity index (χ4n) is 1.38. The minimum absolute atomic E-state index is 0.0353. The normalized spacial score (nSPS) is 11.0. The monoisotopic (exact) mass is 331 g/mol. The predicted molar refractivity (Wildman–Crippen MR) is 82.4 cm³/mol. The van der Waals surface area contributed by atoms with E-state index in [1.807, 2.05) is 0 Å². The van der Waals surface area contributed by atoms with Crippen molar-refractivity contribution in [2.24, 2.45) is 5.73 Å². The van der Waals surface area contributed by atoms with Gasteiger partial charge in [0.1, 0.15) is 15.6 Å². The summed E-state index contributed by atoms with van der Waals surface area (Å²) >= 11 is 4.78. The van der Waals surface area contributed by atoms with Gasteiger partial charge in [-0.05, 0) is 12.1 Å². The van der Waals surface area contributed by atoms with E-state index < -0.39 is 10.0 Å². The van der Waals surface area contributed by atoms with Crippen LogP contribution < -0.4 is 15.8 Å². The number of pyridine rings is 1. The summed E-state index contributed by atoms with van der Waals surface area (Å²) in [6, 6.07) is 2.53. The van der Waals surface area contributed by atoms with Gasteiger partial charge >= 0.3 is 6.03 Å². The van der Waals surface area contributed by atoms with Gasteiger partial charge in [-0.25, -0.2) is 17.9 Å². The summed E-state index contributed by atoms with van der Waals surface area (Å²) < 4.78 is 26.6. The Morgan fingerprint density at radius 2 is 2.10 bits per heavy atom. The van der Waals surface area contributed by atoms with E-state index in [2.05, 4.69) is 15.0 Å². The molecule has 1 heterocycles. The summed E-state index contributed by atoms with van der Waals surface area (Å²) in [5.74, 6) is 0. The molecule has 116 valence electrons. The third-order valence-corrected chi connectivity index (χ3v) is 4.08. The highest BCUT2D eigenvalue weighted by Gasteiger charge is 2.20. The molecule has 0 atom stereocenters. The lowest BCUT2D eigenvalue weighted by Gasteiger charge is -2.13. The molecule has 0 aliphatic rings. The van der Waals surface area contributed by atoms with Crippen LogP contribution in [0.2, 0.25) is 0 Å². The summed E-state index contributed by atoms with van der Waals surface area (Å²) in [7, 11) is -0.625. The molecule has 4 N–H and O–H groups in total. The Balaban J connectivity index is 2.71. The second-order valence-corrected chi connectivity index (χ2v) is 6.41. The number of carbonyl (C=O) groups is 1. The second kappa shape index (κ2) is 7.29. The summed E-state index contributed by atoms with van der Waals surface area (Å²) in [6.45, 7) is 0.187. The molecule has 0 spiro atoms. The minimum atomic E-state index is -3.80. The summed E-state index contributed by atoms with van der Waals surface area (Å²) in [4.78, 5) is 16.3. The molecule has 1 aromatic rings. The van der Waals surface area contributed by atoms with Crippen molar-refractivity contribution >= 4 is 33.3 Å². The Labute approximate surface area is 128 Å². The van der Waals surface area contributed by atoms with Crippen LogP contribution in [0.5, 0.6) is 0 Å². The van der Waals surface area contributed by atoms with Gasteiger partial charge in [0.15, 0.2) is 0 Å². The fraction of sp³-hybridized carbons (Fsp3) is 0.364. The molecule has 0 radical (unpaired) electrons. The maximum Gasteiger partial charge on any atom is 0.316 e. The van der Waals surface area contributed by atoms with E-state index in [9.17, 15) is 13.2 Å². The average molecular weight is 331 g/mol. The quantitative estimate of drug-likeness (QED) is 0.467. The third-order valence-electron chi connectivity index (χ3n) is 2.39. The van der Waals surface area contributed by atoms with Crippen LogP contribution in [0.3, 0.4) is 0 Å². The zero-order chi connectivity index (χ0) is 16.0. The van der Waals surface area contributed by atoms with E-state index in [4.69, 9.17) is 18.0 Å². The molecular formula is C11H17N5O3S2. The Kier molecular flexibility index (Phi) is 6.00. The van der Waals surface area contributed by atoms with E-state index in [1.54, 1.807) is 14.1 Å². The van der Waals surface area contributed by atoms with E-state index in [1.165, 1.54) is 23.2 Å². The molecule has 8 nitrogen and oxygen atoms in total. The van der Waals surface area contributed by atoms with E-state index >= 15 is 0 Å². The molecule has 0 aliphatic heterocycles. The smallest absolute Gasteiger partial charge is 0.316 e. The molecule has 21 heavy (non-hydrogen) atoms.